The Labute approximate surface area is 92.0 Å². The highest BCUT2D eigenvalue weighted by atomic mass is 19.4. The highest BCUT2D eigenvalue weighted by Gasteiger charge is 2.64. The molecular weight excluding hydrogens is 255 g/mol. The molecule has 0 radical (unpaired) electrons. The highest BCUT2D eigenvalue weighted by Crippen LogP contribution is 2.37. The first-order valence-corrected chi connectivity index (χ1v) is 3.90. The maximum Gasteiger partial charge on any atom is 0.461 e. The molecule has 98 valence electrons. The van der Waals surface area contributed by atoms with Crippen LogP contribution >= 0.6 is 0 Å². The molecule has 0 fully saturated rings. The topological polar surface area (TPSA) is 52.6 Å². The Bertz CT molecular complexity index is 344. The summed E-state index contributed by atoms with van der Waals surface area (Å²) in [5.74, 6) is -10.1. The van der Waals surface area contributed by atoms with E-state index in [9.17, 15) is 31.5 Å². The predicted molar refractivity (Wildman–Crippen MR) is 43.1 cm³/mol. The number of esters is 1. The average Bonchev–Trinajstić information content (AvgIpc) is 2.22. The summed E-state index contributed by atoms with van der Waals surface area (Å²) in [5, 5.41) is 0. The minimum absolute atomic E-state index is 0.161. The Morgan fingerprint density at radius 2 is 1.53 bits per heavy atom. The van der Waals surface area contributed by atoms with E-state index >= 15 is 0 Å². The summed E-state index contributed by atoms with van der Waals surface area (Å²) in [5.41, 5.74) is -1.53. The molecule has 0 aromatic rings. The number of hydrogen-bond acceptors (Lipinski definition) is 4. The lowest BCUT2D eigenvalue weighted by atomic mass is 10.1. The monoisotopic (exact) mass is 262 g/mol. The number of hydrogen-bond donors (Lipinski definition) is 0. The number of carbonyl (C=O) groups is 2. The average molecular weight is 262 g/mol. The second-order valence-electron chi connectivity index (χ2n) is 2.66. The third kappa shape index (κ3) is 3.14. The van der Waals surface area contributed by atoms with Crippen LogP contribution in [0.4, 0.5) is 22.0 Å². The molecule has 17 heavy (non-hydrogen) atoms. The molecular formula is C8H7F5O4. The van der Waals surface area contributed by atoms with Gasteiger partial charge in [-0.05, 0) is 0 Å². The first kappa shape index (κ1) is 15.3. The van der Waals surface area contributed by atoms with Gasteiger partial charge in [0.25, 0.3) is 5.78 Å². The molecule has 9 heteroatoms. The van der Waals surface area contributed by atoms with Crippen LogP contribution in [0.1, 0.15) is 0 Å². The molecule has 0 saturated heterocycles. The fourth-order valence-electron chi connectivity index (χ4n) is 0.720. The molecule has 0 aliphatic rings. The molecule has 0 spiro atoms. The van der Waals surface area contributed by atoms with Crippen molar-refractivity contribution in [2.24, 2.45) is 0 Å². The number of ketones is 1. The van der Waals surface area contributed by atoms with Crippen molar-refractivity contribution in [3.63, 3.8) is 0 Å². The van der Waals surface area contributed by atoms with Crippen LogP contribution in [-0.4, -0.2) is 38.1 Å². The largest absolute Gasteiger partial charge is 0.503 e. The Morgan fingerprint density at radius 3 is 1.82 bits per heavy atom. The van der Waals surface area contributed by atoms with Gasteiger partial charge in [-0.2, -0.15) is 22.0 Å². The van der Waals surface area contributed by atoms with Crippen molar-refractivity contribution in [3.05, 3.63) is 11.8 Å². The van der Waals surface area contributed by atoms with Gasteiger partial charge in [0, 0.05) is 0 Å². The van der Waals surface area contributed by atoms with Crippen LogP contribution in [0.3, 0.4) is 0 Å². The lowest BCUT2D eigenvalue weighted by Crippen LogP contribution is -2.46. The zero-order chi connectivity index (χ0) is 13.9. The lowest BCUT2D eigenvalue weighted by Gasteiger charge is -2.18. The van der Waals surface area contributed by atoms with Crippen LogP contribution in [-0.2, 0) is 19.1 Å². The molecule has 0 aromatic carbocycles. The predicted octanol–water partition coefficient (Wildman–Crippen LogP) is 1.46. The first-order valence-electron chi connectivity index (χ1n) is 3.90. The Morgan fingerprint density at radius 1 is 1.06 bits per heavy atom. The van der Waals surface area contributed by atoms with E-state index in [0.29, 0.717) is 7.11 Å². The Kier molecular flexibility index (Phi) is 4.60. The van der Waals surface area contributed by atoms with Crippen molar-refractivity contribution in [1.29, 1.82) is 0 Å². The van der Waals surface area contributed by atoms with Gasteiger partial charge < -0.3 is 9.47 Å². The number of methoxy groups -OCH3 is 2. The number of carbonyl (C=O) groups excluding carboxylic acids is 2. The first-order chi connectivity index (χ1) is 7.59. The minimum Gasteiger partial charge on any atom is -0.503 e. The minimum atomic E-state index is -6.11. The van der Waals surface area contributed by atoms with Crippen molar-refractivity contribution >= 4 is 11.8 Å². The molecule has 0 amide bonds. The molecule has 4 nitrogen and oxygen atoms in total. The van der Waals surface area contributed by atoms with Crippen molar-refractivity contribution in [1.82, 2.24) is 0 Å². The molecule has 0 saturated carbocycles. The summed E-state index contributed by atoms with van der Waals surface area (Å²) in [6.07, 6.45) is -5.95. The molecule has 0 aliphatic heterocycles. The quantitative estimate of drug-likeness (QED) is 0.192. The summed E-state index contributed by atoms with van der Waals surface area (Å²) >= 11 is 0. The molecule has 0 N–H and O–H groups in total. The SMILES string of the molecule is CO/C=C(\C(=O)OC)C(=O)C(F)(F)C(F)(F)F. The number of ether oxygens (including phenoxy) is 2. The maximum absolute atomic E-state index is 12.6. The third-order valence-corrected chi connectivity index (χ3v) is 1.53. The van der Waals surface area contributed by atoms with Crippen LogP contribution in [0.15, 0.2) is 11.8 Å². The summed E-state index contributed by atoms with van der Waals surface area (Å²) in [6.45, 7) is 0. The molecule has 0 atom stereocenters. The van der Waals surface area contributed by atoms with E-state index in [1.54, 1.807) is 0 Å². The van der Waals surface area contributed by atoms with Crippen LogP contribution in [0.2, 0.25) is 0 Å². The van der Waals surface area contributed by atoms with Gasteiger partial charge in [-0.15, -0.1) is 0 Å². The van der Waals surface area contributed by atoms with E-state index in [2.05, 4.69) is 9.47 Å². The molecule has 0 unspecified atom stereocenters. The maximum atomic E-state index is 12.6. The molecule has 0 heterocycles. The van der Waals surface area contributed by atoms with Crippen LogP contribution < -0.4 is 0 Å². The molecule has 0 bridgehead atoms. The van der Waals surface area contributed by atoms with E-state index in [4.69, 9.17) is 0 Å². The number of alkyl halides is 5. The van der Waals surface area contributed by atoms with E-state index in [1.165, 1.54) is 0 Å². The zero-order valence-electron chi connectivity index (χ0n) is 8.60. The van der Waals surface area contributed by atoms with E-state index < -0.39 is 29.4 Å². The fraction of sp³-hybridized carbons (Fsp3) is 0.500. The van der Waals surface area contributed by atoms with Gasteiger partial charge in [0.1, 0.15) is 11.8 Å². The third-order valence-electron chi connectivity index (χ3n) is 1.53. The number of rotatable bonds is 4. The number of Topliss-reactive ketones (excluding diaryl/α,β-unsaturated/α-hetero) is 1. The van der Waals surface area contributed by atoms with Gasteiger partial charge in [-0.3, -0.25) is 4.79 Å². The van der Waals surface area contributed by atoms with Crippen LogP contribution in [0.25, 0.3) is 0 Å². The van der Waals surface area contributed by atoms with Gasteiger partial charge in [-0.25, -0.2) is 4.79 Å². The lowest BCUT2D eigenvalue weighted by molar-refractivity contribution is -0.266. The van der Waals surface area contributed by atoms with Crippen molar-refractivity contribution in [2.45, 2.75) is 12.1 Å². The molecule has 0 aliphatic carbocycles. The second kappa shape index (κ2) is 5.11. The summed E-state index contributed by atoms with van der Waals surface area (Å²) in [6, 6.07) is 0. The fourth-order valence-corrected chi connectivity index (χ4v) is 0.720. The molecule has 0 rings (SSSR count). The van der Waals surface area contributed by atoms with Gasteiger partial charge in [-0.1, -0.05) is 0 Å². The van der Waals surface area contributed by atoms with E-state index in [0.717, 1.165) is 7.11 Å². The Balaban J connectivity index is 5.40. The van der Waals surface area contributed by atoms with Crippen molar-refractivity contribution in [2.75, 3.05) is 14.2 Å². The Hall–Kier alpha value is -1.67. The van der Waals surface area contributed by atoms with E-state index in [-0.39, 0.29) is 6.26 Å². The summed E-state index contributed by atoms with van der Waals surface area (Å²) in [7, 11) is 1.58. The van der Waals surface area contributed by atoms with E-state index in [1.807, 2.05) is 0 Å². The smallest absolute Gasteiger partial charge is 0.461 e. The van der Waals surface area contributed by atoms with Gasteiger partial charge in [0.05, 0.1) is 14.2 Å². The number of halogens is 5. The summed E-state index contributed by atoms with van der Waals surface area (Å²) < 4.78 is 68.8. The summed E-state index contributed by atoms with van der Waals surface area (Å²) in [4.78, 5) is 21.7. The standard InChI is InChI=1S/C8H7F5O4/c1-16-3-4(6(15)17-2)5(14)7(9,10)8(11,12)13/h3H,1-2H3/b4-3-. The zero-order valence-corrected chi connectivity index (χ0v) is 8.60. The second-order valence-corrected chi connectivity index (χ2v) is 2.66. The van der Waals surface area contributed by atoms with Crippen molar-refractivity contribution < 1.29 is 41.0 Å². The normalized spacial score (nSPS) is 13.2. The highest BCUT2D eigenvalue weighted by molar-refractivity contribution is 6.19. The molecule has 0 aromatic heterocycles. The van der Waals surface area contributed by atoms with Gasteiger partial charge in [0.2, 0.25) is 0 Å². The van der Waals surface area contributed by atoms with Crippen molar-refractivity contribution in [3.8, 4) is 0 Å². The van der Waals surface area contributed by atoms with Crippen LogP contribution in [0, 0.1) is 0 Å². The van der Waals surface area contributed by atoms with Gasteiger partial charge in [0.15, 0.2) is 0 Å². The van der Waals surface area contributed by atoms with Gasteiger partial charge >= 0.3 is 18.1 Å². The van der Waals surface area contributed by atoms with Crippen LogP contribution in [0.5, 0.6) is 0 Å².